The van der Waals surface area contributed by atoms with Crippen LogP contribution in [0.4, 0.5) is 5.69 Å². The second-order valence-corrected chi connectivity index (χ2v) is 6.87. The number of imidazole rings is 1. The number of anilines is 1. The Morgan fingerprint density at radius 3 is 2.46 bits per heavy atom. The van der Waals surface area contributed by atoms with Gasteiger partial charge in [0, 0.05) is 31.4 Å². The minimum absolute atomic E-state index is 0.0131. The van der Waals surface area contributed by atoms with E-state index in [9.17, 15) is 9.59 Å². The van der Waals surface area contributed by atoms with E-state index in [2.05, 4.69) is 15.3 Å². The summed E-state index contributed by atoms with van der Waals surface area (Å²) >= 11 is 18.6. The molecule has 1 N–H and O–H groups in total. The van der Waals surface area contributed by atoms with Gasteiger partial charge in [0.2, 0.25) is 0 Å². The second kappa shape index (κ2) is 8.34. The van der Waals surface area contributed by atoms with E-state index >= 15 is 0 Å². The van der Waals surface area contributed by atoms with Gasteiger partial charge in [-0.3, -0.25) is 14.2 Å². The van der Waals surface area contributed by atoms with Crippen LogP contribution in [-0.4, -0.2) is 39.8 Å². The molecule has 3 aromatic heterocycles. The summed E-state index contributed by atoms with van der Waals surface area (Å²) in [6, 6.07) is 3.27. The van der Waals surface area contributed by atoms with Gasteiger partial charge in [0.25, 0.3) is 0 Å². The molecule has 0 radical (unpaired) electrons. The van der Waals surface area contributed by atoms with Crippen molar-refractivity contribution >= 4 is 57.9 Å². The maximum atomic E-state index is 13.0. The lowest BCUT2D eigenvalue weighted by molar-refractivity contribution is 0.0520. The first-order valence-electron chi connectivity index (χ1n) is 8.25. The zero-order valence-electron chi connectivity index (χ0n) is 14.9. The zero-order chi connectivity index (χ0) is 20.4. The number of nitrogens with one attached hydrogen (secondary N) is 1. The van der Waals surface area contributed by atoms with E-state index in [0.29, 0.717) is 16.9 Å². The van der Waals surface area contributed by atoms with Crippen molar-refractivity contribution in [2.24, 2.45) is 0 Å². The number of carbonyl (C=O) groups excluding carboxylic acids is 2. The van der Waals surface area contributed by atoms with Gasteiger partial charge in [0.1, 0.15) is 5.15 Å². The molecule has 7 nitrogen and oxygen atoms in total. The van der Waals surface area contributed by atoms with Crippen LogP contribution in [0.2, 0.25) is 15.2 Å². The minimum Gasteiger partial charge on any atom is -0.461 e. The lowest BCUT2D eigenvalue weighted by Gasteiger charge is -2.10. The van der Waals surface area contributed by atoms with Crippen molar-refractivity contribution in [2.75, 3.05) is 19.0 Å². The normalized spacial score (nSPS) is 10.9. The third kappa shape index (κ3) is 3.65. The Kier molecular flexibility index (Phi) is 6.07. The van der Waals surface area contributed by atoms with Crippen LogP contribution in [0, 0.1) is 0 Å². The van der Waals surface area contributed by atoms with E-state index in [-0.39, 0.29) is 45.4 Å². The SMILES string of the molecule is CCOC(=O)c1nc2c(NC)ccc(C(=O)Cc3c(Cl)cncc3Cl)n2c1Cl. The highest BCUT2D eigenvalue weighted by atomic mass is 35.5. The largest absolute Gasteiger partial charge is 0.461 e. The smallest absolute Gasteiger partial charge is 0.360 e. The molecule has 146 valence electrons. The van der Waals surface area contributed by atoms with E-state index in [1.807, 2.05) is 0 Å². The van der Waals surface area contributed by atoms with Gasteiger partial charge in [0.15, 0.2) is 17.1 Å². The summed E-state index contributed by atoms with van der Waals surface area (Å²) in [4.78, 5) is 33.3. The van der Waals surface area contributed by atoms with E-state index in [1.54, 1.807) is 26.1 Å². The average molecular weight is 442 g/mol. The predicted molar refractivity (Wildman–Crippen MR) is 108 cm³/mol. The molecule has 0 fully saturated rings. The summed E-state index contributed by atoms with van der Waals surface area (Å²) < 4.78 is 6.40. The highest BCUT2D eigenvalue weighted by Gasteiger charge is 2.25. The van der Waals surface area contributed by atoms with Crippen LogP contribution in [0.25, 0.3) is 5.65 Å². The fourth-order valence-corrected chi connectivity index (χ4v) is 3.50. The van der Waals surface area contributed by atoms with Crippen molar-refractivity contribution in [3.8, 4) is 0 Å². The van der Waals surface area contributed by atoms with E-state index in [1.165, 1.54) is 16.8 Å². The van der Waals surface area contributed by atoms with Gasteiger partial charge >= 0.3 is 5.97 Å². The molecule has 0 saturated carbocycles. The molecule has 0 aliphatic carbocycles. The zero-order valence-corrected chi connectivity index (χ0v) is 17.2. The molecular weight excluding hydrogens is 427 g/mol. The number of hydrogen-bond acceptors (Lipinski definition) is 6. The lowest BCUT2D eigenvalue weighted by Crippen LogP contribution is -2.11. The third-order valence-corrected chi connectivity index (χ3v) is 5.02. The fraction of sp³-hybridized carbons (Fsp3) is 0.222. The molecule has 28 heavy (non-hydrogen) atoms. The van der Waals surface area contributed by atoms with Crippen LogP contribution in [0.5, 0.6) is 0 Å². The molecule has 3 aromatic rings. The van der Waals surface area contributed by atoms with E-state index in [0.717, 1.165) is 0 Å². The first kappa shape index (κ1) is 20.4. The van der Waals surface area contributed by atoms with Crippen molar-refractivity contribution in [3.63, 3.8) is 0 Å². The highest BCUT2D eigenvalue weighted by molar-refractivity contribution is 6.36. The molecule has 0 aliphatic heterocycles. The van der Waals surface area contributed by atoms with Crippen LogP contribution in [-0.2, 0) is 11.2 Å². The number of Topliss-reactive ketones (excluding diaryl/α,β-unsaturated/α-hetero) is 1. The van der Waals surface area contributed by atoms with Crippen molar-refractivity contribution in [2.45, 2.75) is 13.3 Å². The molecule has 3 rings (SSSR count). The van der Waals surface area contributed by atoms with Gasteiger partial charge in [-0.1, -0.05) is 34.8 Å². The average Bonchev–Trinajstić information content (AvgIpc) is 3.02. The number of carbonyl (C=O) groups is 2. The summed E-state index contributed by atoms with van der Waals surface area (Å²) in [5.74, 6) is -0.978. The third-order valence-electron chi connectivity index (χ3n) is 4.02. The number of fused-ring (bicyclic) bond motifs is 1. The van der Waals surface area contributed by atoms with E-state index < -0.39 is 5.97 Å². The fourth-order valence-electron chi connectivity index (χ4n) is 2.71. The molecule has 0 spiro atoms. The molecule has 0 bridgehead atoms. The maximum Gasteiger partial charge on any atom is 0.360 e. The standard InChI is InChI=1S/C18H15Cl3N4O3/c1-3-28-18(27)15-16(21)25-13(5-4-12(22-2)17(25)24-15)14(26)6-9-10(19)7-23-8-11(9)20/h4-5,7-8,22H,3,6H2,1-2H3. The molecule has 0 saturated heterocycles. The Hall–Kier alpha value is -2.35. The minimum atomic E-state index is -0.670. The van der Waals surface area contributed by atoms with Crippen molar-refractivity contribution in [1.29, 1.82) is 0 Å². The summed E-state index contributed by atoms with van der Waals surface area (Å²) in [6.45, 7) is 1.85. The highest BCUT2D eigenvalue weighted by Crippen LogP contribution is 2.29. The van der Waals surface area contributed by atoms with Crippen LogP contribution in [0.3, 0.4) is 0 Å². The number of ether oxygens (including phenoxy) is 1. The van der Waals surface area contributed by atoms with Crippen LogP contribution < -0.4 is 5.32 Å². The molecule has 0 aliphatic rings. The van der Waals surface area contributed by atoms with Gasteiger partial charge in [-0.05, 0) is 19.1 Å². The summed E-state index contributed by atoms with van der Waals surface area (Å²) in [7, 11) is 1.69. The molecule has 10 heteroatoms. The Labute approximate surface area is 175 Å². The number of esters is 1. The van der Waals surface area contributed by atoms with Gasteiger partial charge in [-0.15, -0.1) is 0 Å². The summed E-state index contributed by atoms with van der Waals surface area (Å²) in [5.41, 5.74) is 1.53. The molecule has 0 aromatic carbocycles. The number of hydrogen-bond donors (Lipinski definition) is 1. The number of aromatic nitrogens is 3. The lowest BCUT2D eigenvalue weighted by atomic mass is 10.1. The Bertz CT molecular complexity index is 1060. The topological polar surface area (TPSA) is 85.6 Å². The molecule has 0 amide bonds. The number of nitrogens with zero attached hydrogens (tertiary/aromatic N) is 3. The Morgan fingerprint density at radius 1 is 1.18 bits per heavy atom. The number of pyridine rings is 2. The van der Waals surface area contributed by atoms with E-state index in [4.69, 9.17) is 39.5 Å². The molecular formula is C18H15Cl3N4O3. The van der Waals surface area contributed by atoms with Crippen molar-refractivity contribution in [1.82, 2.24) is 14.4 Å². The predicted octanol–water partition coefficient (Wildman–Crippen LogP) is 4.33. The molecule has 0 atom stereocenters. The number of ketones is 1. The molecule has 0 unspecified atom stereocenters. The van der Waals surface area contributed by atoms with Crippen molar-refractivity contribution in [3.05, 3.63) is 56.7 Å². The van der Waals surface area contributed by atoms with Gasteiger partial charge < -0.3 is 10.1 Å². The van der Waals surface area contributed by atoms with Gasteiger partial charge in [-0.25, -0.2) is 9.78 Å². The maximum absolute atomic E-state index is 13.0. The Morgan fingerprint density at radius 2 is 1.86 bits per heavy atom. The van der Waals surface area contributed by atoms with Gasteiger partial charge in [-0.2, -0.15) is 0 Å². The summed E-state index contributed by atoms with van der Waals surface area (Å²) in [6.07, 6.45) is 2.76. The number of halogens is 3. The quantitative estimate of drug-likeness (QED) is 0.452. The van der Waals surface area contributed by atoms with Crippen molar-refractivity contribution < 1.29 is 14.3 Å². The summed E-state index contributed by atoms with van der Waals surface area (Å²) in [5, 5.41) is 3.52. The monoisotopic (exact) mass is 440 g/mol. The van der Waals surface area contributed by atoms with Crippen LogP contribution >= 0.6 is 34.8 Å². The van der Waals surface area contributed by atoms with Crippen LogP contribution in [0.15, 0.2) is 24.5 Å². The van der Waals surface area contributed by atoms with Gasteiger partial charge in [0.05, 0.1) is 28.0 Å². The first-order chi connectivity index (χ1) is 13.4. The first-order valence-corrected chi connectivity index (χ1v) is 9.39. The molecule has 3 heterocycles. The Balaban J connectivity index is 2.13. The number of rotatable bonds is 6. The van der Waals surface area contributed by atoms with Crippen LogP contribution in [0.1, 0.15) is 33.5 Å². The second-order valence-electron chi connectivity index (χ2n) is 5.69.